The molecule has 1 aliphatic rings. The summed E-state index contributed by atoms with van der Waals surface area (Å²) < 4.78 is 13.1. The summed E-state index contributed by atoms with van der Waals surface area (Å²) in [5.74, 6) is -1.02. The smallest absolute Gasteiger partial charge is 0.258 e. The Hall–Kier alpha value is -1.84. The lowest BCUT2D eigenvalue weighted by atomic mass is 10.1. The van der Waals surface area contributed by atoms with Crippen LogP contribution in [0.15, 0.2) is 29.8 Å². The number of carbonyl (C=O) groups is 1. The van der Waals surface area contributed by atoms with Crippen LogP contribution in [0.4, 0.5) is 4.39 Å². The third-order valence-electron chi connectivity index (χ3n) is 2.81. The van der Waals surface area contributed by atoms with Crippen molar-refractivity contribution in [1.82, 2.24) is 4.90 Å². The van der Waals surface area contributed by atoms with E-state index < -0.39 is 5.82 Å². The van der Waals surface area contributed by atoms with Crippen molar-refractivity contribution in [1.29, 1.82) is 0 Å². The van der Waals surface area contributed by atoms with Crippen molar-refractivity contribution in [3.05, 3.63) is 41.2 Å². The Morgan fingerprint density at radius 1 is 1.47 bits per heavy atom. The molecule has 0 aromatic heterocycles. The van der Waals surface area contributed by atoms with Crippen LogP contribution in [0.5, 0.6) is 5.75 Å². The molecule has 2 rings (SSSR count). The third kappa shape index (κ3) is 2.46. The lowest BCUT2D eigenvalue weighted by Crippen LogP contribution is -2.35. The van der Waals surface area contributed by atoms with Gasteiger partial charge in [0.15, 0.2) is 0 Å². The number of hydrogen-bond acceptors (Lipinski definition) is 2. The highest BCUT2D eigenvalue weighted by atomic mass is 19.1. The largest absolute Gasteiger partial charge is 0.507 e. The summed E-state index contributed by atoms with van der Waals surface area (Å²) in [7, 11) is 0. The van der Waals surface area contributed by atoms with Crippen LogP contribution < -0.4 is 0 Å². The van der Waals surface area contributed by atoms with Gasteiger partial charge >= 0.3 is 0 Å². The van der Waals surface area contributed by atoms with Gasteiger partial charge in [0, 0.05) is 13.1 Å². The second kappa shape index (κ2) is 4.57. The number of benzene rings is 1. The van der Waals surface area contributed by atoms with Gasteiger partial charge in [-0.15, -0.1) is 0 Å². The normalized spacial score (nSPS) is 15.6. The number of hydrogen-bond donors (Lipinski definition) is 1. The van der Waals surface area contributed by atoms with Crippen LogP contribution in [0, 0.1) is 5.82 Å². The first-order chi connectivity index (χ1) is 8.08. The summed E-state index contributed by atoms with van der Waals surface area (Å²) in [6.07, 6.45) is 2.88. The molecule has 0 unspecified atom stereocenters. The van der Waals surface area contributed by atoms with Gasteiger partial charge in [0.05, 0.1) is 5.56 Å². The number of aromatic hydroxyl groups is 1. The van der Waals surface area contributed by atoms with E-state index in [4.69, 9.17) is 0 Å². The van der Waals surface area contributed by atoms with Gasteiger partial charge in [0.25, 0.3) is 5.91 Å². The van der Waals surface area contributed by atoms with Crippen molar-refractivity contribution in [2.24, 2.45) is 0 Å². The second-order valence-corrected chi connectivity index (χ2v) is 4.23. The Morgan fingerprint density at radius 2 is 2.24 bits per heavy atom. The minimum Gasteiger partial charge on any atom is -0.507 e. The molecule has 0 saturated carbocycles. The molecule has 1 aromatic rings. The summed E-state index contributed by atoms with van der Waals surface area (Å²) in [6.45, 7) is 3.09. The van der Waals surface area contributed by atoms with E-state index in [1.165, 1.54) is 6.07 Å². The maximum Gasteiger partial charge on any atom is 0.258 e. The van der Waals surface area contributed by atoms with Gasteiger partial charge in [-0.05, 0) is 31.5 Å². The van der Waals surface area contributed by atoms with Crippen molar-refractivity contribution in [2.75, 3.05) is 13.1 Å². The van der Waals surface area contributed by atoms with Crippen molar-refractivity contribution >= 4 is 5.91 Å². The number of amides is 1. The van der Waals surface area contributed by atoms with E-state index in [-0.39, 0.29) is 17.2 Å². The van der Waals surface area contributed by atoms with Gasteiger partial charge in [-0.2, -0.15) is 0 Å². The molecule has 1 aliphatic heterocycles. The fourth-order valence-corrected chi connectivity index (χ4v) is 1.93. The second-order valence-electron chi connectivity index (χ2n) is 4.23. The number of rotatable bonds is 1. The maximum absolute atomic E-state index is 13.1. The lowest BCUT2D eigenvalue weighted by molar-refractivity contribution is 0.0762. The zero-order valence-corrected chi connectivity index (χ0v) is 9.61. The Bertz CT molecular complexity index is 482. The molecule has 1 amide bonds. The summed E-state index contributed by atoms with van der Waals surface area (Å²) in [6, 6.07) is 3.41. The van der Waals surface area contributed by atoms with Crippen LogP contribution in [0.25, 0.3) is 0 Å². The molecule has 0 aliphatic carbocycles. The SMILES string of the molecule is CC1=CCCN(C(=O)c2cc(F)ccc2O)C1. The average Bonchev–Trinajstić information content (AvgIpc) is 2.31. The van der Waals surface area contributed by atoms with E-state index in [1.54, 1.807) is 4.90 Å². The fourth-order valence-electron chi connectivity index (χ4n) is 1.93. The topological polar surface area (TPSA) is 40.5 Å². The molecule has 0 bridgehead atoms. The standard InChI is InChI=1S/C13H14FNO2/c1-9-3-2-6-15(8-9)13(17)11-7-10(14)4-5-12(11)16/h3-5,7,16H,2,6,8H2,1H3. The Kier molecular flexibility index (Phi) is 3.13. The molecule has 1 aromatic carbocycles. The zero-order chi connectivity index (χ0) is 12.4. The number of carbonyl (C=O) groups excluding carboxylic acids is 1. The monoisotopic (exact) mass is 235 g/mol. The Labute approximate surface area is 99.2 Å². The van der Waals surface area contributed by atoms with Crippen LogP contribution in [-0.4, -0.2) is 29.0 Å². The molecule has 0 spiro atoms. The van der Waals surface area contributed by atoms with E-state index in [2.05, 4.69) is 6.08 Å². The molecular formula is C13H14FNO2. The van der Waals surface area contributed by atoms with Crippen molar-refractivity contribution < 1.29 is 14.3 Å². The van der Waals surface area contributed by atoms with Crippen LogP contribution >= 0.6 is 0 Å². The molecular weight excluding hydrogens is 221 g/mol. The molecule has 3 nitrogen and oxygen atoms in total. The molecule has 1 heterocycles. The van der Waals surface area contributed by atoms with E-state index >= 15 is 0 Å². The minimum absolute atomic E-state index is 0.0275. The molecule has 0 saturated heterocycles. The van der Waals surface area contributed by atoms with Crippen LogP contribution in [0.2, 0.25) is 0 Å². The molecule has 0 fully saturated rings. The first-order valence-corrected chi connectivity index (χ1v) is 5.51. The Balaban J connectivity index is 2.25. The molecule has 0 radical (unpaired) electrons. The minimum atomic E-state index is -0.518. The third-order valence-corrected chi connectivity index (χ3v) is 2.81. The predicted octanol–water partition coefficient (Wildman–Crippen LogP) is 2.32. The Morgan fingerprint density at radius 3 is 2.94 bits per heavy atom. The van der Waals surface area contributed by atoms with Gasteiger partial charge < -0.3 is 10.0 Å². The zero-order valence-electron chi connectivity index (χ0n) is 9.61. The maximum atomic E-state index is 13.1. The number of halogens is 1. The summed E-state index contributed by atoms with van der Waals surface area (Å²) in [5, 5.41) is 9.57. The molecule has 4 heteroatoms. The van der Waals surface area contributed by atoms with E-state index in [0.717, 1.165) is 24.1 Å². The number of nitrogens with zero attached hydrogens (tertiary/aromatic N) is 1. The van der Waals surface area contributed by atoms with E-state index in [9.17, 15) is 14.3 Å². The molecule has 17 heavy (non-hydrogen) atoms. The van der Waals surface area contributed by atoms with Gasteiger partial charge in [0.1, 0.15) is 11.6 Å². The van der Waals surface area contributed by atoms with Gasteiger partial charge in [-0.25, -0.2) is 4.39 Å². The van der Waals surface area contributed by atoms with Gasteiger partial charge in [0.2, 0.25) is 0 Å². The highest BCUT2D eigenvalue weighted by Crippen LogP contribution is 2.21. The van der Waals surface area contributed by atoms with Gasteiger partial charge in [-0.1, -0.05) is 11.6 Å². The molecule has 0 atom stereocenters. The highest BCUT2D eigenvalue weighted by Gasteiger charge is 2.21. The summed E-state index contributed by atoms with van der Waals surface area (Å²) in [4.78, 5) is 13.7. The summed E-state index contributed by atoms with van der Waals surface area (Å²) >= 11 is 0. The average molecular weight is 235 g/mol. The van der Waals surface area contributed by atoms with E-state index in [1.807, 2.05) is 6.92 Å². The van der Waals surface area contributed by atoms with Crippen LogP contribution in [-0.2, 0) is 0 Å². The van der Waals surface area contributed by atoms with Crippen molar-refractivity contribution in [3.63, 3.8) is 0 Å². The van der Waals surface area contributed by atoms with Crippen LogP contribution in [0.3, 0.4) is 0 Å². The number of phenols is 1. The van der Waals surface area contributed by atoms with Crippen molar-refractivity contribution in [3.8, 4) is 5.75 Å². The fraction of sp³-hybridized carbons (Fsp3) is 0.308. The lowest BCUT2D eigenvalue weighted by Gasteiger charge is -2.26. The first kappa shape index (κ1) is 11.6. The van der Waals surface area contributed by atoms with Gasteiger partial charge in [-0.3, -0.25) is 4.79 Å². The molecule has 1 N–H and O–H groups in total. The molecule has 90 valence electrons. The highest BCUT2D eigenvalue weighted by molar-refractivity contribution is 5.97. The predicted molar refractivity (Wildman–Crippen MR) is 62.3 cm³/mol. The first-order valence-electron chi connectivity index (χ1n) is 5.51. The quantitative estimate of drug-likeness (QED) is 0.759. The summed E-state index contributed by atoms with van der Waals surface area (Å²) in [5.41, 5.74) is 1.14. The van der Waals surface area contributed by atoms with Crippen LogP contribution in [0.1, 0.15) is 23.7 Å². The van der Waals surface area contributed by atoms with E-state index in [0.29, 0.717) is 13.1 Å². The number of phenolic OH excluding ortho intramolecular Hbond substituents is 1. The van der Waals surface area contributed by atoms with Crippen molar-refractivity contribution in [2.45, 2.75) is 13.3 Å².